The van der Waals surface area contributed by atoms with E-state index in [0.29, 0.717) is 10.4 Å². The molecule has 122 valence electrons. The molecule has 1 N–H and O–H groups in total. The topological polar surface area (TPSA) is 90.1 Å². The van der Waals surface area contributed by atoms with Gasteiger partial charge in [-0.15, -0.1) is 0 Å². The number of nitro groups is 1. The monoisotopic (exact) mass is 328 g/mol. The van der Waals surface area contributed by atoms with Gasteiger partial charge in [0, 0.05) is 5.69 Å². The summed E-state index contributed by atoms with van der Waals surface area (Å²) in [5.74, 6) is -0.648. The van der Waals surface area contributed by atoms with E-state index in [1.54, 1.807) is 30.3 Å². The van der Waals surface area contributed by atoms with E-state index >= 15 is 0 Å². The number of nitrogens with zero attached hydrogens (tertiary/aromatic N) is 3. The van der Waals surface area contributed by atoms with Gasteiger partial charge in [0.1, 0.15) is 12.2 Å². The summed E-state index contributed by atoms with van der Waals surface area (Å²) in [4.78, 5) is 21.5. The highest BCUT2D eigenvalue weighted by molar-refractivity contribution is 5.90. The zero-order valence-corrected chi connectivity index (χ0v) is 11.8. The average Bonchev–Trinajstić information content (AvgIpc) is 2.77. The summed E-state index contributed by atoms with van der Waals surface area (Å²) in [7, 11) is 0. The number of para-hydroxylation sites is 1. The number of carbonyl (C=O) groups excluding carboxylic acids is 1. The standard InChI is InChI=1S/C13H11F3N4O3/c1-8-11(20(22)23)12(13(14,15)16)18-19(8)7-10(21)17-9-5-3-2-4-6-9/h2-6H,7H2,1H3,(H,17,21). The normalized spacial score (nSPS) is 11.3. The molecule has 23 heavy (non-hydrogen) atoms. The predicted molar refractivity (Wildman–Crippen MR) is 73.7 cm³/mol. The number of benzene rings is 1. The summed E-state index contributed by atoms with van der Waals surface area (Å²) in [5.41, 5.74) is -2.66. The number of carbonyl (C=O) groups is 1. The van der Waals surface area contributed by atoms with Gasteiger partial charge in [0.25, 0.3) is 0 Å². The highest BCUT2D eigenvalue weighted by Gasteiger charge is 2.44. The molecule has 10 heteroatoms. The Morgan fingerprint density at radius 3 is 2.43 bits per heavy atom. The first-order chi connectivity index (χ1) is 10.7. The summed E-state index contributed by atoms with van der Waals surface area (Å²) in [6.07, 6.45) is -4.98. The van der Waals surface area contributed by atoms with Crippen molar-refractivity contribution in [2.24, 2.45) is 0 Å². The number of halogens is 3. The fourth-order valence-corrected chi connectivity index (χ4v) is 1.96. The maximum Gasteiger partial charge on any atom is 0.442 e. The van der Waals surface area contributed by atoms with E-state index in [2.05, 4.69) is 10.4 Å². The molecule has 0 spiro atoms. The lowest BCUT2D eigenvalue weighted by Gasteiger charge is -2.06. The lowest BCUT2D eigenvalue weighted by atomic mass is 10.3. The van der Waals surface area contributed by atoms with Gasteiger partial charge in [-0.3, -0.25) is 19.6 Å². The molecule has 0 fully saturated rings. The minimum atomic E-state index is -4.98. The van der Waals surface area contributed by atoms with E-state index in [9.17, 15) is 28.1 Å². The van der Waals surface area contributed by atoms with Crippen molar-refractivity contribution in [3.8, 4) is 0 Å². The number of amides is 1. The van der Waals surface area contributed by atoms with Crippen LogP contribution in [0, 0.1) is 17.0 Å². The third kappa shape index (κ3) is 3.65. The Kier molecular flexibility index (Phi) is 4.34. The summed E-state index contributed by atoms with van der Waals surface area (Å²) in [5, 5.41) is 16.5. The first-order valence-electron chi connectivity index (χ1n) is 6.34. The molecule has 0 radical (unpaired) electrons. The Morgan fingerprint density at radius 2 is 1.96 bits per heavy atom. The first-order valence-corrected chi connectivity index (χ1v) is 6.34. The van der Waals surface area contributed by atoms with Gasteiger partial charge in [-0.25, -0.2) is 0 Å². The quantitative estimate of drug-likeness (QED) is 0.690. The zero-order valence-electron chi connectivity index (χ0n) is 11.8. The van der Waals surface area contributed by atoms with Crippen LogP contribution < -0.4 is 5.32 Å². The molecule has 1 aromatic carbocycles. The van der Waals surface area contributed by atoms with Gasteiger partial charge in [-0.2, -0.15) is 18.3 Å². The van der Waals surface area contributed by atoms with Gasteiger partial charge >= 0.3 is 11.9 Å². The molecule has 0 saturated heterocycles. The molecular weight excluding hydrogens is 317 g/mol. The Bertz CT molecular complexity index is 741. The second kappa shape index (κ2) is 6.07. The molecule has 0 unspecified atom stereocenters. The number of aromatic nitrogens is 2. The Labute approximate surface area is 127 Å². The molecule has 1 aromatic heterocycles. The highest BCUT2D eigenvalue weighted by Crippen LogP contribution is 2.36. The SMILES string of the molecule is Cc1c([N+](=O)[O-])c(C(F)(F)F)nn1CC(=O)Nc1ccccc1. The lowest BCUT2D eigenvalue weighted by molar-refractivity contribution is -0.388. The van der Waals surface area contributed by atoms with E-state index < -0.39 is 34.9 Å². The Balaban J connectivity index is 2.27. The van der Waals surface area contributed by atoms with E-state index in [-0.39, 0.29) is 5.69 Å². The Morgan fingerprint density at radius 1 is 1.35 bits per heavy atom. The molecule has 0 bridgehead atoms. The highest BCUT2D eigenvalue weighted by atomic mass is 19.4. The second-order valence-electron chi connectivity index (χ2n) is 4.61. The molecule has 0 aliphatic heterocycles. The van der Waals surface area contributed by atoms with Crippen molar-refractivity contribution in [1.29, 1.82) is 0 Å². The van der Waals surface area contributed by atoms with E-state index in [1.165, 1.54) is 0 Å². The minimum absolute atomic E-state index is 0.342. The van der Waals surface area contributed by atoms with Crippen LogP contribution in [0.4, 0.5) is 24.5 Å². The maximum absolute atomic E-state index is 12.8. The van der Waals surface area contributed by atoms with Gasteiger partial charge < -0.3 is 5.32 Å². The molecule has 1 amide bonds. The number of anilines is 1. The number of alkyl halides is 3. The molecule has 2 rings (SSSR count). The third-order valence-corrected chi connectivity index (χ3v) is 2.98. The summed E-state index contributed by atoms with van der Waals surface area (Å²) < 4.78 is 39.1. The molecule has 0 aliphatic rings. The first kappa shape index (κ1) is 16.5. The molecular formula is C13H11F3N4O3. The second-order valence-corrected chi connectivity index (χ2v) is 4.61. The van der Waals surface area contributed by atoms with Crippen LogP contribution >= 0.6 is 0 Å². The van der Waals surface area contributed by atoms with Crippen molar-refractivity contribution in [3.05, 3.63) is 51.8 Å². The van der Waals surface area contributed by atoms with Crippen LogP contribution in [0.2, 0.25) is 0 Å². The zero-order chi connectivity index (χ0) is 17.2. The van der Waals surface area contributed by atoms with Gasteiger partial charge in [0.2, 0.25) is 11.6 Å². The fraction of sp³-hybridized carbons (Fsp3) is 0.231. The van der Waals surface area contributed by atoms with Crippen molar-refractivity contribution in [2.75, 3.05) is 5.32 Å². The smallest absolute Gasteiger partial charge is 0.324 e. The summed E-state index contributed by atoms with van der Waals surface area (Å²) in [6.45, 7) is 0.536. The number of hydrogen-bond acceptors (Lipinski definition) is 4. The molecule has 1 heterocycles. The van der Waals surface area contributed by atoms with Gasteiger partial charge in [-0.05, 0) is 19.1 Å². The Hall–Kier alpha value is -2.91. The molecule has 0 atom stereocenters. The molecule has 7 nitrogen and oxygen atoms in total. The van der Waals surface area contributed by atoms with Crippen LogP contribution in [0.3, 0.4) is 0 Å². The molecule has 0 aliphatic carbocycles. The van der Waals surface area contributed by atoms with Crippen molar-refractivity contribution < 1.29 is 22.9 Å². The summed E-state index contributed by atoms with van der Waals surface area (Å²) >= 11 is 0. The van der Waals surface area contributed by atoms with Crippen LogP contribution in [0.5, 0.6) is 0 Å². The van der Waals surface area contributed by atoms with Crippen LogP contribution in [-0.2, 0) is 17.5 Å². The van der Waals surface area contributed by atoms with E-state index in [0.717, 1.165) is 6.92 Å². The third-order valence-electron chi connectivity index (χ3n) is 2.98. The average molecular weight is 328 g/mol. The molecule has 0 saturated carbocycles. The van der Waals surface area contributed by atoms with Crippen LogP contribution in [0.15, 0.2) is 30.3 Å². The lowest BCUT2D eigenvalue weighted by Crippen LogP contribution is -2.20. The van der Waals surface area contributed by atoms with Crippen molar-refractivity contribution in [2.45, 2.75) is 19.6 Å². The predicted octanol–water partition coefficient (Wildman–Crippen LogP) is 2.76. The van der Waals surface area contributed by atoms with Gasteiger partial charge in [-0.1, -0.05) is 18.2 Å². The summed E-state index contributed by atoms with van der Waals surface area (Å²) in [6, 6.07) is 8.25. The van der Waals surface area contributed by atoms with E-state index in [4.69, 9.17) is 0 Å². The van der Waals surface area contributed by atoms with Crippen molar-refractivity contribution >= 4 is 17.3 Å². The molecule has 2 aromatic rings. The largest absolute Gasteiger partial charge is 0.442 e. The van der Waals surface area contributed by atoms with E-state index in [1.807, 2.05) is 0 Å². The fourth-order valence-electron chi connectivity index (χ4n) is 1.96. The number of rotatable bonds is 4. The van der Waals surface area contributed by atoms with Crippen molar-refractivity contribution in [3.63, 3.8) is 0 Å². The van der Waals surface area contributed by atoms with Crippen LogP contribution in [-0.4, -0.2) is 20.6 Å². The number of nitrogens with one attached hydrogen (secondary N) is 1. The number of hydrogen-bond donors (Lipinski definition) is 1. The van der Waals surface area contributed by atoms with Crippen LogP contribution in [0.1, 0.15) is 11.4 Å². The minimum Gasteiger partial charge on any atom is -0.324 e. The van der Waals surface area contributed by atoms with Gasteiger partial charge in [0.15, 0.2) is 0 Å². The maximum atomic E-state index is 12.8. The van der Waals surface area contributed by atoms with Crippen LogP contribution in [0.25, 0.3) is 0 Å². The van der Waals surface area contributed by atoms with Crippen molar-refractivity contribution in [1.82, 2.24) is 9.78 Å². The van der Waals surface area contributed by atoms with Gasteiger partial charge in [0.05, 0.1) is 4.92 Å².